The van der Waals surface area contributed by atoms with Crippen LogP contribution in [0.1, 0.15) is 24.1 Å². The van der Waals surface area contributed by atoms with Crippen LogP contribution in [-0.4, -0.2) is 12.9 Å². The molecule has 2 rings (SSSR count). The molecule has 2 aromatic carbocycles. The number of halogens is 2. The molecule has 0 aliphatic heterocycles. The molecule has 0 spiro atoms. The van der Waals surface area contributed by atoms with Crippen LogP contribution in [0.2, 0.25) is 5.02 Å². The molecule has 2 aromatic rings. The molecular formula is C16H17ClFN3. The van der Waals surface area contributed by atoms with Crippen LogP contribution in [0.4, 0.5) is 10.1 Å². The maximum Gasteiger partial charge on any atom is 0.136 e. The van der Waals surface area contributed by atoms with Gasteiger partial charge in [-0.3, -0.25) is 5.41 Å². The third-order valence-corrected chi connectivity index (χ3v) is 3.83. The van der Waals surface area contributed by atoms with Crippen molar-refractivity contribution < 1.29 is 4.39 Å². The van der Waals surface area contributed by atoms with E-state index >= 15 is 0 Å². The molecular weight excluding hydrogens is 289 g/mol. The monoisotopic (exact) mass is 305 g/mol. The molecule has 5 heteroatoms. The summed E-state index contributed by atoms with van der Waals surface area (Å²) in [7, 11) is 1.85. The van der Waals surface area contributed by atoms with E-state index in [0.29, 0.717) is 10.7 Å². The lowest BCUT2D eigenvalue weighted by Gasteiger charge is -2.29. The van der Waals surface area contributed by atoms with Gasteiger partial charge in [0.05, 0.1) is 17.3 Å². The minimum Gasteiger partial charge on any atom is -0.384 e. The minimum atomic E-state index is -0.491. The third kappa shape index (κ3) is 3.16. The van der Waals surface area contributed by atoms with Crippen molar-refractivity contribution >= 4 is 23.1 Å². The number of anilines is 1. The van der Waals surface area contributed by atoms with Gasteiger partial charge in [0.1, 0.15) is 11.7 Å². The first-order valence-electron chi connectivity index (χ1n) is 6.53. The van der Waals surface area contributed by atoms with Gasteiger partial charge in [0.2, 0.25) is 0 Å². The second-order valence-corrected chi connectivity index (χ2v) is 5.32. The smallest absolute Gasteiger partial charge is 0.136 e. The van der Waals surface area contributed by atoms with Crippen molar-refractivity contribution in [1.29, 1.82) is 5.41 Å². The summed E-state index contributed by atoms with van der Waals surface area (Å²) in [5.41, 5.74) is 7.27. The number of hydrogen-bond donors (Lipinski definition) is 2. The quantitative estimate of drug-likeness (QED) is 0.663. The topological polar surface area (TPSA) is 53.1 Å². The summed E-state index contributed by atoms with van der Waals surface area (Å²) in [6.07, 6.45) is 0. The second kappa shape index (κ2) is 6.14. The molecule has 3 nitrogen and oxygen atoms in total. The summed E-state index contributed by atoms with van der Waals surface area (Å²) >= 11 is 5.89. The molecule has 21 heavy (non-hydrogen) atoms. The van der Waals surface area contributed by atoms with Crippen molar-refractivity contribution in [2.45, 2.75) is 13.0 Å². The SMILES string of the molecule is CC(c1ccc(Cl)cc1)N(C)c1cccc(F)c1C(=N)N. The summed E-state index contributed by atoms with van der Waals surface area (Å²) in [6.45, 7) is 2.00. The first-order chi connectivity index (χ1) is 9.91. The van der Waals surface area contributed by atoms with Gasteiger partial charge in [0.15, 0.2) is 0 Å². The van der Waals surface area contributed by atoms with E-state index in [1.807, 2.05) is 43.1 Å². The minimum absolute atomic E-state index is 0.0119. The zero-order valence-electron chi connectivity index (χ0n) is 11.9. The van der Waals surface area contributed by atoms with Crippen LogP contribution in [0.5, 0.6) is 0 Å². The van der Waals surface area contributed by atoms with Crippen LogP contribution in [-0.2, 0) is 0 Å². The normalized spacial score (nSPS) is 12.0. The van der Waals surface area contributed by atoms with Crippen molar-refractivity contribution in [2.24, 2.45) is 5.73 Å². The molecule has 0 amide bonds. The van der Waals surface area contributed by atoms with Gasteiger partial charge in [0, 0.05) is 12.1 Å². The van der Waals surface area contributed by atoms with Gasteiger partial charge in [0.25, 0.3) is 0 Å². The Morgan fingerprint density at radius 2 is 1.86 bits per heavy atom. The fraction of sp³-hybridized carbons (Fsp3) is 0.188. The molecule has 0 bridgehead atoms. The average molecular weight is 306 g/mol. The van der Waals surface area contributed by atoms with Crippen LogP contribution < -0.4 is 10.6 Å². The molecule has 0 aromatic heterocycles. The van der Waals surface area contributed by atoms with E-state index < -0.39 is 5.82 Å². The van der Waals surface area contributed by atoms with Crippen LogP contribution in [0.3, 0.4) is 0 Å². The molecule has 0 radical (unpaired) electrons. The summed E-state index contributed by atoms with van der Waals surface area (Å²) in [4.78, 5) is 1.89. The number of nitrogens with two attached hydrogens (primary N) is 1. The first kappa shape index (κ1) is 15.3. The number of nitrogens with one attached hydrogen (secondary N) is 1. The van der Waals surface area contributed by atoms with E-state index in [2.05, 4.69) is 0 Å². The Hall–Kier alpha value is -2.07. The largest absolute Gasteiger partial charge is 0.384 e. The highest BCUT2D eigenvalue weighted by molar-refractivity contribution is 6.30. The van der Waals surface area contributed by atoms with Crippen molar-refractivity contribution in [3.05, 3.63) is 64.4 Å². The predicted molar refractivity (Wildman–Crippen MR) is 85.7 cm³/mol. The lowest BCUT2D eigenvalue weighted by molar-refractivity contribution is 0.622. The molecule has 0 heterocycles. The number of amidine groups is 1. The Labute approximate surface area is 128 Å². The van der Waals surface area contributed by atoms with Crippen molar-refractivity contribution in [3.63, 3.8) is 0 Å². The standard InChI is InChI=1S/C16H17ClFN3/c1-10(11-6-8-12(17)9-7-11)21(2)14-5-3-4-13(18)15(14)16(19)20/h3-10H,1-2H3,(H3,19,20). The van der Waals surface area contributed by atoms with Gasteiger partial charge >= 0.3 is 0 Å². The van der Waals surface area contributed by atoms with Gasteiger partial charge in [-0.1, -0.05) is 29.8 Å². The molecule has 0 fully saturated rings. The van der Waals surface area contributed by atoms with Gasteiger partial charge in [-0.2, -0.15) is 0 Å². The molecule has 0 saturated carbocycles. The molecule has 0 saturated heterocycles. The fourth-order valence-electron chi connectivity index (χ4n) is 2.25. The zero-order chi connectivity index (χ0) is 15.6. The lowest BCUT2D eigenvalue weighted by atomic mass is 10.0. The highest BCUT2D eigenvalue weighted by Crippen LogP contribution is 2.29. The van der Waals surface area contributed by atoms with Gasteiger partial charge in [-0.15, -0.1) is 0 Å². The van der Waals surface area contributed by atoms with E-state index in [9.17, 15) is 4.39 Å². The molecule has 1 unspecified atom stereocenters. The highest BCUT2D eigenvalue weighted by Gasteiger charge is 2.19. The highest BCUT2D eigenvalue weighted by atomic mass is 35.5. The number of hydrogen-bond acceptors (Lipinski definition) is 2. The van der Waals surface area contributed by atoms with Crippen LogP contribution >= 0.6 is 11.6 Å². The summed E-state index contributed by atoms with van der Waals surface area (Å²) in [5.74, 6) is -0.770. The first-order valence-corrected chi connectivity index (χ1v) is 6.91. The van der Waals surface area contributed by atoms with E-state index in [0.717, 1.165) is 5.56 Å². The van der Waals surface area contributed by atoms with Gasteiger partial charge < -0.3 is 10.6 Å². The van der Waals surface area contributed by atoms with Gasteiger partial charge in [-0.05, 0) is 36.8 Å². The van der Waals surface area contributed by atoms with Crippen molar-refractivity contribution in [2.75, 3.05) is 11.9 Å². The summed E-state index contributed by atoms with van der Waals surface area (Å²) < 4.78 is 13.9. The van der Waals surface area contributed by atoms with E-state index in [4.69, 9.17) is 22.7 Å². The Morgan fingerprint density at radius 3 is 2.43 bits per heavy atom. The predicted octanol–water partition coefficient (Wildman–Crippen LogP) is 3.96. The van der Waals surface area contributed by atoms with Crippen molar-refractivity contribution in [3.8, 4) is 0 Å². The van der Waals surface area contributed by atoms with E-state index in [1.165, 1.54) is 6.07 Å². The van der Waals surface area contributed by atoms with Gasteiger partial charge in [-0.25, -0.2) is 4.39 Å². The maximum atomic E-state index is 13.9. The van der Waals surface area contributed by atoms with Crippen molar-refractivity contribution in [1.82, 2.24) is 0 Å². The maximum absolute atomic E-state index is 13.9. The number of nitrogens with zero attached hydrogens (tertiary/aromatic N) is 1. The van der Waals surface area contributed by atoms with E-state index in [1.54, 1.807) is 12.1 Å². The Kier molecular flexibility index (Phi) is 4.48. The lowest BCUT2D eigenvalue weighted by Crippen LogP contribution is -2.26. The zero-order valence-corrected chi connectivity index (χ0v) is 12.7. The molecule has 0 aliphatic rings. The Bertz CT molecular complexity index is 655. The van der Waals surface area contributed by atoms with E-state index in [-0.39, 0.29) is 17.4 Å². The molecule has 0 aliphatic carbocycles. The molecule has 3 N–H and O–H groups in total. The number of rotatable bonds is 4. The average Bonchev–Trinajstić information content (AvgIpc) is 2.46. The van der Waals surface area contributed by atoms with Crippen LogP contribution in [0, 0.1) is 11.2 Å². The Morgan fingerprint density at radius 1 is 1.24 bits per heavy atom. The third-order valence-electron chi connectivity index (χ3n) is 3.57. The second-order valence-electron chi connectivity index (χ2n) is 4.89. The Balaban J connectivity index is 2.40. The summed E-state index contributed by atoms with van der Waals surface area (Å²) in [6, 6.07) is 12.2. The van der Waals surface area contributed by atoms with Crippen LogP contribution in [0.15, 0.2) is 42.5 Å². The molecule has 1 atom stereocenters. The van der Waals surface area contributed by atoms with Crippen LogP contribution in [0.25, 0.3) is 0 Å². The number of nitrogen functional groups attached to an aromatic ring is 1. The summed E-state index contributed by atoms with van der Waals surface area (Å²) in [5, 5.41) is 8.25. The number of benzene rings is 2. The fourth-order valence-corrected chi connectivity index (χ4v) is 2.37. The molecule has 110 valence electrons.